The van der Waals surface area contributed by atoms with Gasteiger partial charge in [0.1, 0.15) is 0 Å². The molecule has 1 aliphatic carbocycles. The second-order valence-electron chi connectivity index (χ2n) is 16.4. The predicted octanol–water partition coefficient (Wildman–Crippen LogP) is 12.7. The number of para-hydroxylation sites is 2. The Balaban J connectivity index is 1.11. The minimum atomic E-state index is 0.131. The average Bonchev–Trinajstić information content (AvgIpc) is 3.26. The maximum absolute atomic E-state index is 2.59. The topological polar surface area (TPSA) is 6.48 Å². The van der Waals surface area contributed by atoms with Gasteiger partial charge in [-0.25, -0.2) is 0 Å². The van der Waals surface area contributed by atoms with Crippen LogP contribution < -0.4 is 26.2 Å². The van der Waals surface area contributed by atoms with Gasteiger partial charge in [0.25, 0.3) is 6.71 Å². The van der Waals surface area contributed by atoms with Crippen LogP contribution in [0.1, 0.15) is 49.1 Å². The first-order valence-electron chi connectivity index (χ1n) is 20.5. The fourth-order valence-electron chi connectivity index (χ4n) is 10.6. The van der Waals surface area contributed by atoms with Crippen LogP contribution in [0.25, 0.3) is 43.4 Å². The molecule has 0 aromatic heterocycles. The molecule has 0 spiro atoms. The van der Waals surface area contributed by atoms with E-state index in [-0.39, 0.29) is 6.71 Å². The lowest BCUT2D eigenvalue weighted by Crippen LogP contribution is -2.61. The Morgan fingerprint density at radius 1 is 0.482 bits per heavy atom. The molecular formula is C53H41BN2. The van der Waals surface area contributed by atoms with Crippen LogP contribution in [0.15, 0.2) is 164 Å². The van der Waals surface area contributed by atoms with Crippen LogP contribution in [0, 0.1) is 6.92 Å². The van der Waals surface area contributed by atoms with Crippen molar-refractivity contribution in [2.45, 2.75) is 44.9 Å². The fraction of sp³-hybridized carbons (Fsp3) is 0.132. The first-order chi connectivity index (χ1) is 27.7. The standard InChI is InChI=1S/C53H41BN2/c1-34-21-27-41(28-22-34)55-47-19-7-5-17-45(47)54-46-18-6-8-20-48(46)56(50-33-40(32-49(55)53(50)54)35-11-3-2-4-12-35)42-16-10-15-39(31-42)43-29-25-38-24-23-36-13-9-14-37-26-30-44(43)52(38)51(36)37/h5-10,13-33,35H,2-4,11-12H2,1H3. The molecule has 56 heavy (non-hydrogen) atoms. The fourth-order valence-corrected chi connectivity index (χ4v) is 10.6. The van der Waals surface area contributed by atoms with Crippen LogP contribution in [0.3, 0.4) is 0 Å². The van der Waals surface area contributed by atoms with Crippen molar-refractivity contribution >= 4 is 89.5 Å². The summed E-state index contributed by atoms with van der Waals surface area (Å²) >= 11 is 0. The summed E-state index contributed by atoms with van der Waals surface area (Å²) in [5, 5.41) is 7.93. The molecule has 9 aromatic rings. The SMILES string of the molecule is Cc1ccc(N2c3ccccc3B3c4ccccc4N(c4cccc(-c5ccc6ccc7cccc8ccc5c6c78)c4)c4cc(C5CCCCC5)cc2c43)cc1. The summed E-state index contributed by atoms with van der Waals surface area (Å²) in [5.41, 5.74) is 17.0. The third-order valence-corrected chi connectivity index (χ3v) is 13.2. The molecule has 1 saturated carbocycles. The van der Waals surface area contributed by atoms with E-state index in [1.54, 1.807) is 0 Å². The summed E-state index contributed by atoms with van der Waals surface area (Å²) in [7, 11) is 0. The largest absolute Gasteiger partial charge is 0.311 e. The lowest BCUT2D eigenvalue weighted by Gasteiger charge is -2.45. The van der Waals surface area contributed by atoms with Crippen LogP contribution in [0.5, 0.6) is 0 Å². The Morgan fingerprint density at radius 2 is 1.09 bits per heavy atom. The highest BCUT2D eigenvalue weighted by molar-refractivity contribution is 7.00. The van der Waals surface area contributed by atoms with E-state index in [1.165, 1.54) is 137 Å². The van der Waals surface area contributed by atoms with Crippen LogP contribution in [0.2, 0.25) is 0 Å². The van der Waals surface area contributed by atoms with Crippen LogP contribution in [0.4, 0.5) is 34.1 Å². The molecule has 1 fully saturated rings. The van der Waals surface area contributed by atoms with Crippen LogP contribution in [-0.2, 0) is 0 Å². The molecule has 0 atom stereocenters. The summed E-state index contributed by atoms with van der Waals surface area (Å²) in [6.07, 6.45) is 6.46. The molecular weight excluding hydrogens is 675 g/mol. The maximum atomic E-state index is 2.59. The van der Waals surface area contributed by atoms with Gasteiger partial charge in [0.2, 0.25) is 0 Å². The third kappa shape index (κ3) is 4.70. The minimum Gasteiger partial charge on any atom is -0.311 e. The molecule has 0 bridgehead atoms. The van der Waals surface area contributed by atoms with Crippen LogP contribution in [-0.4, -0.2) is 6.71 Å². The first-order valence-corrected chi connectivity index (χ1v) is 20.5. The summed E-state index contributed by atoms with van der Waals surface area (Å²) in [4.78, 5) is 5.15. The molecule has 2 heterocycles. The summed E-state index contributed by atoms with van der Waals surface area (Å²) < 4.78 is 0. The molecule has 3 heteroatoms. The van der Waals surface area contributed by atoms with Crippen LogP contribution >= 0.6 is 0 Å². The molecule has 0 saturated heterocycles. The Kier molecular flexibility index (Phi) is 7.05. The van der Waals surface area contributed by atoms with Crippen molar-refractivity contribution in [1.29, 1.82) is 0 Å². The van der Waals surface area contributed by atoms with Crippen molar-refractivity contribution in [2.75, 3.05) is 9.80 Å². The molecule has 12 rings (SSSR count). The van der Waals surface area contributed by atoms with E-state index in [1.807, 2.05) is 0 Å². The van der Waals surface area contributed by atoms with Crippen molar-refractivity contribution in [3.63, 3.8) is 0 Å². The van der Waals surface area contributed by atoms with Crippen molar-refractivity contribution < 1.29 is 0 Å². The molecule has 9 aromatic carbocycles. The first kappa shape index (κ1) is 32.0. The average molecular weight is 717 g/mol. The van der Waals surface area contributed by atoms with Gasteiger partial charge in [0, 0.05) is 34.1 Å². The maximum Gasteiger partial charge on any atom is 0.252 e. The Labute approximate surface area is 329 Å². The number of hydrogen-bond acceptors (Lipinski definition) is 2. The van der Waals surface area contributed by atoms with Crippen molar-refractivity contribution in [3.8, 4) is 11.1 Å². The van der Waals surface area contributed by atoms with Gasteiger partial charge in [-0.15, -0.1) is 0 Å². The zero-order valence-corrected chi connectivity index (χ0v) is 31.7. The van der Waals surface area contributed by atoms with Gasteiger partial charge in [-0.1, -0.05) is 140 Å². The number of nitrogens with zero attached hydrogens (tertiary/aromatic N) is 2. The lowest BCUT2D eigenvalue weighted by atomic mass is 9.33. The number of rotatable bonds is 4. The van der Waals surface area contributed by atoms with Gasteiger partial charge in [0.05, 0.1) is 0 Å². The number of anilines is 6. The Hall–Kier alpha value is -6.32. The van der Waals surface area contributed by atoms with Gasteiger partial charge >= 0.3 is 0 Å². The van der Waals surface area contributed by atoms with Gasteiger partial charge in [-0.05, 0) is 140 Å². The van der Waals surface area contributed by atoms with E-state index in [0.717, 1.165) is 0 Å². The van der Waals surface area contributed by atoms with Crippen molar-refractivity contribution in [3.05, 3.63) is 175 Å². The van der Waals surface area contributed by atoms with Gasteiger partial charge in [0.15, 0.2) is 0 Å². The Bertz CT molecular complexity index is 2980. The zero-order valence-electron chi connectivity index (χ0n) is 31.7. The van der Waals surface area contributed by atoms with Crippen molar-refractivity contribution in [2.24, 2.45) is 0 Å². The van der Waals surface area contributed by atoms with E-state index < -0.39 is 0 Å². The second-order valence-corrected chi connectivity index (χ2v) is 16.4. The monoisotopic (exact) mass is 716 g/mol. The van der Waals surface area contributed by atoms with Gasteiger partial charge < -0.3 is 9.80 Å². The second kappa shape index (κ2) is 12.3. The smallest absolute Gasteiger partial charge is 0.252 e. The molecule has 2 nitrogen and oxygen atoms in total. The van der Waals surface area contributed by atoms with E-state index in [2.05, 4.69) is 181 Å². The molecule has 0 unspecified atom stereocenters. The van der Waals surface area contributed by atoms with Crippen molar-refractivity contribution in [1.82, 2.24) is 0 Å². The summed E-state index contributed by atoms with van der Waals surface area (Å²) in [5.74, 6) is 0.559. The minimum absolute atomic E-state index is 0.131. The van der Waals surface area contributed by atoms with Gasteiger partial charge in [-0.2, -0.15) is 0 Å². The molecule has 3 aliphatic rings. The van der Waals surface area contributed by atoms with E-state index >= 15 is 0 Å². The Morgan fingerprint density at radius 3 is 1.80 bits per heavy atom. The molecule has 266 valence electrons. The molecule has 0 amide bonds. The third-order valence-electron chi connectivity index (χ3n) is 13.2. The predicted molar refractivity (Wildman–Crippen MR) is 240 cm³/mol. The normalized spacial score (nSPS) is 15.1. The highest BCUT2D eigenvalue weighted by atomic mass is 15.2. The highest BCUT2D eigenvalue weighted by Gasteiger charge is 2.43. The molecule has 2 aliphatic heterocycles. The highest BCUT2D eigenvalue weighted by Crippen LogP contribution is 2.48. The van der Waals surface area contributed by atoms with Gasteiger partial charge in [-0.3, -0.25) is 0 Å². The van der Waals surface area contributed by atoms with E-state index in [0.29, 0.717) is 5.92 Å². The molecule has 0 radical (unpaired) electrons. The van der Waals surface area contributed by atoms with E-state index in [4.69, 9.17) is 0 Å². The lowest BCUT2D eigenvalue weighted by molar-refractivity contribution is 0.444. The quantitative estimate of drug-likeness (QED) is 0.132. The number of hydrogen-bond donors (Lipinski definition) is 0. The summed E-state index contributed by atoms with van der Waals surface area (Å²) in [6.45, 7) is 2.31. The number of benzene rings is 9. The molecule has 0 N–H and O–H groups in total. The zero-order chi connectivity index (χ0) is 36.9. The number of fused-ring (bicyclic) bond motifs is 4. The summed E-state index contributed by atoms with van der Waals surface area (Å²) in [6, 6.07) is 62.5. The number of aryl methyl sites for hydroxylation is 1. The van der Waals surface area contributed by atoms with E-state index in [9.17, 15) is 0 Å².